The fraction of sp³-hybridized carbons (Fsp3) is 0.0811. The Labute approximate surface area is 227 Å². The van der Waals surface area contributed by atoms with Gasteiger partial charge in [0, 0.05) is 33.0 Å². The summed E-state index contributed by atoms with van der Waals surface area (Å²) in [6, 6.07) is 45.8. The second-order valence-electron chi connectivity index (χ2n) is 11.0. The molecule has 0 saturated heterocycles. The molecule has 2 heteroatoms. The normalized spacial score (nSPS) is 13.8. The minimum Gasteiger partial charge on any atom is -0.457 e. The van der Waals surface area contributed by atoms with E-state index in [0.717, 1.165) is 11.5 Å². The Balaban J connectivity index is 1.37. The molecular formula is C37H27NO. The maximum Gasteiger partial charge on any atom is 0.131 e. The summed E-state index contributed by atoms with van der Waals surface area (Å²) in [6.07, 6.45) is 0. The monoisotopic (exact) mass is 501 g/mol. The molecule has 0 radical (unpaired) electrons. The molecule has 1 aliphatic rings. The van der Waals surface area contributed by atoms with E-state index in [1.54, 1.807) is 0 Å². The van der Waals surface area contributed by atoms with E-state index in [0.29, 0.717) is 0 Å². The van der Waals surface area contributed by atoms with Crippen molar-refractivity contribution in [2.24, 2.45) is 0 Å². The third-order valence-electron chi connectivity index (χ3n) is 8.43. The molecule has 2 heterocycles. The quantitative estimate of drug-likeness (QED) is 0.230. The molecule has 39 heavy (non-hydrogen) atoms. The van der Waals surface area contributed by atoms with E-state index in [4.69, 9.17) is 4.74 Å². The summed E-state index contributed by atoms with van der Waals surface area (Å²) < 4.78 is 8.72. The number of aromatic nitrogens is 1. The molecule has 0 unspecified atom stereocenters. The minimum atomic E-state index is -0.152. The van der Waals surface area contributed by atoms with Gasteiger partial charge in [-0.15, -0.1) is 0 Å². The SMILES string of the molecule is CC1(C)c2ccccc2Oc2ccc(-c3cccc4cc5c(cc34)c3ccccc3n5-c3ccccc3)cc21. The van der Waals surface area contributed by atoms with Crippen molar-refractivity contribution >= 4 is 32.6 Å². The number of nitrogens with zero attached hydrogens (tertiary/aromatic N) is 1. The lowest BCUT2D eigenvalue weighted by Crippen LogP contribution is -2.24. The Morgan fingerprint density at radius 2 is 1.31 bits per heavy atom. The number of para-hydroxylation sites is 3. The molecule has 186 valence electrons. The van der Waals surface area contributed by atoms with Crippen LogP contribution in [0, 0.1) is 0 Å². The molecule has 1 aromatic heterocycles. The molecule has 0 amide bonds. The summed E-state index contributed by atoms with van der Waals surface area (Å²) >= 11 is 0. The number of ether oxygens (including phenoxy) is 1. The Bertz CT molecular complexity index is 2060. The van der Waals surface area contributed by atoms with Crippen LogP contribution in [0.3, 0.4) is 0 Å². The molecule has 0 spiro atoms. The van der Waals surface area contributed by atoms with Gasteiger partial charge in [-0.3, -0.25) is 0 Å². The van der Waals surface area contributed by atoms with Crippen molar-refractivity contribution < 1.29 is 4.74 Å². The summed E-state index contributed by atoms with van der Waals surface area (Å²) in [5.74, 6) is 1.89. The number of hydrogen-bond donors (Lipinski definition) is 0. The lowest BCUT2D eigenvalue weighted by Gasteiger charge is -2.34. The van der Waals surface area contributed by atoms with E-state index < -0.39 is 0 Å². The first-order chi connectivity index (χ1) is 19.1. The third-order valence-corrected chi connectivity index (χ3v) is 8.43. The molecule has 0 bridgehead atoms. The van der Waals surface area contributed by atoms with E-state index in [-0.39, 0.29) is 5.41 Å². The highest BCUT2D eigenvalue weighted by Crippen LogP contribution is 2.49. The van der Waals surface area contributed by atoms with Crippen LogP contribution in [0.4, 0.5) is 0 Å². The Morgan fingerprint density at radius 1 is 0.538 bits per heavy atom. The van der Waals surface area contributed by atoms with Gasteiger partial charge in [0.2, 0.25) is 0 Å². The van der Waals surface area contributed by atoms with E-state index >= 15 is 0 Å². The first-order valence-corrected chi connectivity index (χ1v) is 13.5. The number of hydrogen-bond acceptors (Lipinski definition) is 1. The molecule has 0 fully saturated rings. The second-order valence-corrected chi connectivity index (χ2v) is 11.0. The molecule has 1 aliphatic heterocycles. The molecule has 8 rings (SSSR count). The van der Waals surface area contributed by atoms with Gasteiger partial charge in [0.15, 0.2) is 0 Å². The van der Waals surface area contributed by atoms with Crippen LogP contribution < -0.4 is 4.74 Å². The predicted molar refractivity (Wildman–Crippen MR) is 162 cm³/mol. The predicted octanol–water partition coefficient (Wildman–Crippen LogP) is 10.0. The maximum atomic E-state index is 6.34. The molecule has 0 atom stereocenters. The Hall–Kier alpha value is -4.82. The van der Waals surface area contributed by atoms with Gasteiger partial charge in [0.1, 0.15) is 11.5 Å². The zero-order valence-corrected chi connectivity index (χ0v) is 22.0. The van der Waals surface area contributed by atoms with Crippen LogP contribution in [0.15, 0.2) is 127 Å². The van der Waals surface area contributed by atoms with E-state index in [9.17, 15) is 0 Å². The molecule has 7 aromatic rings. The average Bonchev–Trinajstić information content (AvgIpc) is 3.29. The van der Waals surface area contributed by atoms with Crippen LogP contribution in [0.1, 0.15) is 25.0 Å². The van der Waals surface area contributed by atoms with Crippen LogP contribution >= 0.6 is 0 Å². The highest BCUT2D eigenvalue weighted by molar-refractivity contribution is 6.15. The van der Waals surface area contributed by atoms with Gasteiger partial charge in [0.25, 0.3) is 0 Å². The summed E-state index contributed by atoms with van der Waals surface area (Å²) in [6.45, 7) is 4.59. The molecule has 6 aromatic carbocycles. The summed E-state index contributed by atoms with van der Waals surface area (Å²) in [5, 5.41) is 5.03. The Morgan fingerprint density at radius 3 is 2.21 bits per heavy atom. The highest BCUT2D eigenvalue weighted by atomic mass is 16.5. The zero-order chi connectivity index (χ0) is 26.1. The van der Waals surface area contributed by atoms with Gasteiger partial charge in [0.05, 0.1) is 11.0 Å². The van der Waals surface area contributed by atoms with Gasteiger partial charge in [-0.25, -0.2) is 0 Å². The van der Waals surface area contributed by atoms with E-state index in [1.165, 1.54) is 60.5 Å². The van der Waals surface area contributed by atoms with Crippen LogP contribution in [0.2, 0.25) is 0 Å². The number of rotatable bonds is 2. The summed E-state index contributed by atoms with van der Waals surface area (Å²) in [4.78, 5) is 0. The molecule has 0 N–H and O–H groups in total. The molecular weight excluding hydrogens is 474 g/mol. The average molecular weight is 502 g/mol. The fourth-order valence-electron chi connectivity index (χ4n) is 6.46. The number of fused-ring (bicyclic) bond motifs is 6. The second kappa shape index (κ2) is 8.09. The Kier molecular flexibility index (Phi) is 4.60. The van der Waals surface area contributed by atoms with Crippen molar-refractivity contribution in [3.63, 3.8) is 0 Å². The first-order valence-electron chi connectivity index (χ1n) is 13.5. The molecule has 2 nitrogen and oxygen atoms in total. The van der Waals surface area contributed by atoms with E-state index in [1.807, 2.05) is 6.07 Å². The van der Waals surface area contributed by atoms with Crippen LogP contribution in [-0.2, 0) is 5.41 Å². The van der Waals surface area contributed by atoms with Gasteiger partial charge in [-0.1, -0.05) is 92.7 Å². The first kappa shape index (κ1) is 22.2. The van der Waals surface area contributed by atoms with Crippen LogP contribution in [-0.4, -0.2) is 4.57 Å². The van der Waals surface area contributed by atoms with Gasteiger partial charge in [-0.05, 0) is 70.4 Å². The topological polar surface area (TPSA) is 14.2 Å². The lowest BCUT2D eigenvalue weighted by atomic mass is 9.75. The lowest BCUT2D eigenvalue weighted by molar-refractivity contribution is 0.418. The standard InChI is InChI=1S/C37H27NO/c1-37(2)31-16-7-9-18-35(31)39-36-20-19-25(21-32(36)37)27-15-10-11-24-22-34-30(23-29(24)27)28-14-6-8-17-33(28)38(34)26-12-4-3-5-13-26/h3-23H,1-2H3. The minimum absolute atomic E-state index is 0.152. The van der Waals surface area contributed by atoms with Crippen molar-refractivity contribution in [1.29, 1.82) is 0 Å². The van der Waals surface area contributed by atoms with Crippen molar-refractivity contribution in [3.05, 3.63) is 139 Å². The van der Waals surface area contributed by atoms with Gasteiger partial charge >= 0.3 is 0 Å². The third kappa shape index (κ3) is 3.21. The summed E-state index contributed by atoms with van der Waals surface area (Å²) in [5.41, 5.74) is 8.37. The van der Waals surface area contributed by atoms with Crippen LogP contribution in [0.25, 0.3) is 49.4 Å². The maximum absolute atomic E-state index is 6.34. The van der Waals surface area contributed by atoms with Crippen molar-refractivity contribution in [3.8, 4) is 28.3 Å². The van der Waals surface area contributed by atoms with Crippen molar-refractivity contribution in [2.45, 2.75) is 19.3 Å². The largest absolute Gasteiger partial charge is 0.457 e. The van der Waals surface area contributed by atoms with Crippen LogP contribution in [0.5, 0.6) is 11.5 Å². The molecule has 0 aliphatic carbocycles. The highest BCUT2D eigenvalue weighted by Gasteiger charge is 2.34. The summed E-state index contributed by atoms with van der Waals surface area (Å²) in [7, 11) is 0. The van der Waals surface area contributed by atoms with Gasteiger partial charge in [-0.2, -0.15) is 0 Å². The fourth-order valence-corrected chi connectivity index (χ4v) is 6.46. The van der Waals surface area contributed by atoms with E-state index in [2.05, 4.69) is 140 Å². The van der Waals surface area contributed by atoms with Crippen molar-refractivity contribution in [1.82, 2.24) is 4.57 Å². The van der Waals surface area contributed by atoms with Crippen molar-refractivity contribution in [2.75, 3.05) is 0 Å². The smallest absolute Gasteiger partial charge is 0.131 e. The van der Waals surface area contributed by atoms with Gasteiger partial charge < -0.3 is 9.30 Å². The molecule has 0 saturated carbocycles. The zero-order valence-electron chi connectivity index (χ0n) is 22.0. The number of benzene rings is 6.